The fraction of sp³-hybridized carbons (Fsp3) is 0.286. The molecule has 0 aliphatic rings. The Morgan fingerprint density at radius 2 is 1.50 bits per heavy atom. The lowest BCUT2D eigenvalue weighted by molar-refractivity contribution is 1.59. The molecule has 0 aromatic heterocycles. The number of hydrogen-bond donors (Lipinski definition) is 0. The lowest BCUT2D eigenvalue weighted by Gasteiger charge is -1.90. The Balaban J connectivity index is 3.32. The normalized spacial score (nSPS) is 8.00. The van der Waals surface area contributed by atoms with Gasteiger partial charge in [-0.1, -0.05) is 12.2 Å². The third-order valence-corrected chi connectivity index (χ3v) is 2.60. The van der Waals surface area contributed by atoms with Crippen LogP contribution in [0.4, 0.5) is 0 Å². The molecule has 0 rings (SSSR count). The van der Waals surface area contributed by atoms with Gasteiger partial charge in [-0.3, -0.25) is 0 Å². The quantitative estimate of drug-likeness (QED) is 0.396. The Morgan fingerprint density at radius 3 is 1.75 bits per heavy atom. The smallest absolute Gasteiger partial charge is 0.00988 e. The topological polar surface area (TPSA) is 0 Å². The van der Waals surface area contributed by atoms with Gasteiger partial charge >= 0.3 is 0 Å². The van der Waals surface area contributed by atoms with Crippen molar-refractivity contribution in [3.8, 4) is 0 Å². The van der Waals surface area contributed by atoms with Crippen LogP contribution in [0.2, 0.25) is 12.1 Å². The SMILES string of the molecule is C=CC[Si](=C)CC=C. The van der Waals surface area contributed by atoms with E-state index in [-0.39, 0.29) is 8.41 Å². The van der Waals surface area contributed by atoms with Crippen molar-refractivity contribution in [3.63, 3.8) is 0 Å². The van der Waals surface area contributed by atoms with E-state index in [1.54, 1.807) is 0 Å². The molecule has 0 atom stereocenters. The standard InChI is InChI=1S/C7H12Si/c1-4-6-8(3)7-5-2/h4-5H,1-3,6-7H2. The molecule has 0 aliphatic carbocycles. The van der Waals surface area contributed by atoms with Crippen LogP contribution in [0.1, 0.15) is 0 Å². The first-order valence-electron chi connectivity index (χ1n) is 2.69. The number of rotatable bonds is 4. The van der Waals surface area contributed by atoms with E-state index in [0.717, 1.165) is 12.1 Å². The van der Waals surface area contributed by atoms with Crippen molar-refractivity contribution in [2.75, 3.05) is 0 Å². The Labute approximate surface area is 52.8 Å². The van der Waals surface area contributed by atoms with Gasteiger partial charge in [0.2, 0.25) is 0 Å². The Bertz CT molecular complexity index is 91.0. The van der Waals surface area contributed by atoms with Gasteiger partial charge in [0, 0.05) is 8.41 Å². The van der Waals surface area contributed by atoms with Crippen LogP contribution in [0.3, 0.4) is 0 Å². The highest BCUT2D eigenvalue weighted by molar-refractivity contribution is 6.62. The molecule has 0 fully saturated rings. The summed E-state index contributed by atoms with van der Waals surface area (Å²) in [5.74, 6) is 0. The zero-order valence-electron chi connectivity index (χ0n) is 5.19. The van der Waals surface area contributed by atoms with Crippen LogP contribution >= 0.6 is 0 Å². The predicted octanol–water partition coefficient (Wildman–Crippen LogP) is 1.87. The van der Waals surface area contributed by atoms with Crippen LogP contribution in [-0.4, -0.2) is 14.6 Å². The summed E-state index contributed by atoms with van der Waals surface area (Å²) in [5.41, 5.74) is 0. The van der Waals surface area contributed by atoms with E-state index in [1.807, 2.05) is 12.2 Å². The van der Waals surface area contributed by atoms with Crippen LogP contribution in [0.15, 0.2) is 25.3 Å². The second-order valence-corrected chi connectivity index (χ2v) is 4.05. The molecule has 0 spiro atoms. The first kappa shape index (κ1) is 7.57. The van der Waals surface area contributed by atoms with Crippen molar-refractivity contribution in [2.24, 2.45) is 0 Å². The fourth-order valence-electron chi connectivity index (χ4n) is 0.492. The van der Waals surface area contributed by atoms with Crippen molar-refractivity contribution in [2.45, 2.75) is 12.1 Å². The summed E-state index contributed by atoms with van der Waals surface area (Å²) in [4.78, 5) is 0. The zero-order valence-corrected chi connectivity index (χ0v) is 6.19. The molecule has 0 saturated heterocycles. The fourth-order valence-corrected chi connectivity index (χ4v) is 1.47. The monoisotopic (exact) mass is 124 g/mol. The van der Waals surface area contributed by atoms with Crippen molar-refractivity contribution in [3.05, 3.63) is 25.3 Å². The van der Waals surface area contributed by atoms with E-state index in [0.29, 0.717) is 0 Å². The molecular weight excluding hydrogens is 112 g/mol. The van der Waals surface area contributed by atoms with Crippen LogP contribution in [-0.2, 0) is 0 Å². The van der Waals surface area contributed by atoms with E-state index in [4.69, 9.17) is 0 Å². The first-order chi connectivity index (χ1) is 3.81. The average molecular weight is 124 g/mol. The number of hydrogen-bond acceptors (Lipinski definition) is 0. The molecule has 0 aromatic rings. The summed E-state index contributed by atoms with van der Waals surface area (Å²) in [6.07, 6.45) is 7.85. The van der Waals surface area contributed by atoms with Gasteiger partial charge in [-0.15, -0.1) is 19.3 Å². The number of allylic oxidation sites excluding steroid dienone is 2. The van der Waals surface area contributed by atoms with Crippen molar-refractivity contribution in [1.29, 1.82) is 0 Å². The predicted molar refractivity (Wildman–Crippen MR) is 42.9 cm³/mol. The molecule has 0 radical (unpaired) electrons. The molecule has 0 nitrogen and oxygen atoms in total. The maximum atomic E-state index is 3.98. The molecule has 0 aliphatic heterocycles. The maximum Gasteiger partial charge on any atom is 0.00988 e. The van der Waals surface area contributed by atoms with E-state index in [1.165, 1.54) is 0 Å². The van der Waals surface area contributed by atoms with E-state index < -0.39 is 0 Å². The van der Waals surface area contributed by atoms with Crippen LogP contribution in [0.5, 0.6) is 0 Å². The Morgan fingerprint density at radius 1 is 1.12 bits per heavy atom. The summed E-state index contributed by atoms with van der Waals surface area (Å²) < 4.78 is 0. The maximum absolute atomic E-state index is 3.98. The van der Waals surface area contributed by atoms with E-state index >= 15 is 0 Å². The molecule has 0 saturated carbocycles. The van der Waals surface area contributed by atoms with Gasteiger partial charge in [0.05, 0.1) is 0 Å². The minimum atomic E-state index is -0.378. The third kappa shape index (κ3) is 3.75. The van der Waals surface area contributed by atoms with Gasteiger partial charge in [-0.05, 0) is 12.1 Å². The van der Waals surface area contributed by atoms with Gasteiger partial charge in [-0.2, -0.15) is 0 Å². The van der Waals surface area contributed by atoms with Gasteiger partial charge < -0.3 is 0 Å². The van der Waals surface area contributed by atoms with Gasteiger partial charge in [0.25, 0.3) is 0 Å². The average Bonchev–Trinajstić information content (AvgIpc) is 1.68. The lowest BCUT2D eigenvalue weighted by Crippen LogP contribution is -1.93. The lowest BCUT2D eigenvalue weighted by atomic mass is 10.7. The summed E-state index contributed by atoms with van der Waals surface area (Å²) >= 11 is 0. The molecule has 0 bridgehead atoms. The zero-order chi connectivity index (χ0) is 6.41. The molecule has 0 aromatic carbocycles. The molecule has 44 valence electrons. The molecule has 0 N–H and O–H groups in total. The second-order valence-electron chi connectivity index (χ2n) is 1.74. The van der Waals surface area contributed by atoms with Crippen molar-refractivity contribution >= 4 is 14.6 Å². The van der Waals surface area contributed by atoms with Crippen LogP contribution in [0.25, 0.3) is 0 Å². The van der Waals surface area contributed by atoms with Crippen molar-refractivity contribution in [1.82, 2.24) is 0 Å². The van der Waals surface area contributed by atoms with E-state index in [9.17, 15) is 0 Å². The summed E-state index contributed by atoms with van der Waals surface area (Å²) in [7, 11) is -0.378. The summed E-state index contributed by atoms with van der Waals surface area (Å²) in [5, 5.41) is 0. The molecule has 8 heavy (non-hydrogen) atoms. The highest BCUT2D eigenvalue weighted by Crippen LogP contribution is 1.89. The minimum absolute atomic E-state index is 0.378. The molecular formula is C7H12Si. The van der Waals surface area contributed by atoms with Crippen molar-refractivity contribution < 1.29 is 0 Å². The summed E-state index contributed by atoms with van der Waals surface area (Å²) in [6.45, 7) is 7.27. The van der Waals surface area contributed by atoms with Gasteiger partial charge in [-0.25, -0.2) is 0 Å². The Kier molecular flexibility index (Phi) is 4.46. The summed E-state index contributed by atoms with van der Waals surface area (Å²) in [6, 6.07) is 2.19. The molecule has 1 heteroatoms. The molecule has 0 amide bonds. The van der Waals surface area contributed by atoms with E-state index in [2.05, 4.69) is 19.3 Å². The Hall–Kier alpha value is -0.433. The van der Waals surface area contributed by atoms with Crippen LogP contribution < -0.4 is 0 Å². The largest absolute Gasteiger partial charge is 0.118 e. The minimum Gasteiger partial charge on any atom is -0.118 e. The molecule has 0 heterocycles. The third-order valence-electron chi connectivity index (χ3n) is 0.866. The first-order valence-corrected chi connectivity index (χ1v) is 4.81. The van der Waals surface area contributed by atoms with Gasteiger partial charge in [0.15, 0.2) is 0 Å². The highest BCUT2D eigenvalue weighted by atomic mass is 28.2. The molecule has 0 unspecified atom stereocenters. The second kappa shape index (κ2) is 4.72. The highest BCUT2D eigenvalue weighted by Gasteiger charge is 1.84. The van der Waals surface area contributed by atoms with Gasteiger partial charge in [0.1, 0.15) is 0 Å². The van der Waals surface area contributed by atoms with Crippen LogP contribution in [0, 0.1) is 0 Å².